The van der Waals surface area contributed by atoms with Crippen LogP contribution >= 0.6 is 22.6 Å². The van der Waals surface area contributed by atoms with E-state index in [1.807, 2.05) is 0 Å². The highest BCUT2D eigenvalue weighted by molar-refractivity contribution is 14.1. The van der Waals surface area contributed by atoms with Gasteiger partial charge in [-0.05, 0) is 12.1 Å². The summed E-state index contributed by atoms with van der Waals surface area (Å²) in [5, 5.41) is 19.1. The van der Waals surface area contributed by atoms with Crippen LogP contribution in [-0.2, 0) is 19.3 Å². The van der Waals surface area contributed by atoms with Gasteiger partial charge in [-0.3, -0.25) is 0 Å². The number of aromatic nitrogens is 6. The summed E-state index contributed by atoms with van der Waals surface area (Å²) >= 11 is 1.80. The summed E-state index contributed by atoms with van der Waals surface area (Å²) in [7, 11) is 0. The highest BCUT2D eigenvalue weighted by Crippen LogP contribution is 2.40. The number of aliphatic hydroxyl groups is 1. The van der Waals surface area contributed by atoms with Crippen molar-refractivity contribution in [3.63, 3.8) is 0 Å². The Morgan fingerprint density at radius 3 is 2.00 bits per heavy atom. The van der Waals surface area contributed by atoms with E-state index >= 15 is 0 Å². The van der Waals surface area contributed by atoms with Crippen molar-refractivity contribution in [2.24, 2.45) is 0 Å². The van der Waals surface area contributed by atoms with Crippen LogP contribution in [0.2, 0.25) is 0 Å². The Morgan fingerprint density at radius 1 is 1.04 bits per heavy atom. The van der Waals surface area contributed by atoms with E-state index in [0.29, 0.717) is 6.07 Å². The molecule has 7 nitrogen and oxygen atoms in total. The highest BCUT2D eigenvalue weighted by Gasteiger charge is 2.40. The fraction of sp³-hybridized carbons (Fsp3) is 0.333. The van der Waals surface area contributed by atoms with E-state index in [9.17, 15) is 22.7 Å². The Balaban J connectivity index is 1.96. The van der Waals surface area contributed by atoms with Crippen molar-refractivity contribution in [1.82, 2.24) is 29.5 Å². The first-order valence-corrected chi connectivity index (χ1v) is 8.81. The number of halogens is 5. The van der Waals surface area contributed by atoms with Gasteiger partial charge >= 0.3 is 6.18 Å². The Morgan fingerprint density at radius 2 is 1.59 bits per heavy atom. The molecule has 1 atom stereocenters. The van der Waals surface area contributed by atoms with Gasteiger partial charge < -0.3 is 5.11 Å². The van der Waals surface area contributed by atoms with Gasteiger partial charge in [0.1, 0.15) is 36.7 Å². The van der Waals surface area contributed by atoms with Gasteiger partial charge in [0.15, 0.2) is 0 Å². The van der Waals surface area contributed by atoms with Crippen molar-refractivity contribution in [3.8, 4) is 0 Å². The molecule has 12 heteroatoms. The maximum atomic E-state index is 14.4. The van der Waals surface area contributed by atoms with Gasteiger partial charge in [-0.25, -0.2) is 23.7 Å². The number of alkyl halides is 4. The van der Waals surface area contributed by atoms with Crippen LogP contribution in [-0.4, -0.2) is 40.2 Å². The second-order valence-electron chi connectivity index (χ2n) is 5.89. The van der Waals surface area contributed by atoms with E-state index in [0.717, 1.165) is 12.1 Å². The van der Waals surface area contributed by atoms with Gasteiger partial charge in [-0.2, -0.15) is 23.4 Å². The van der Waals surface area contributed by atoms with Gasteiger partial charge in [-0.15, -0.1) is 0 Å². The van der Waals surface area contributed by atoms with E-state index in [-0.39, 0.29) is 18.7 Å². The summed E-state index contributed by atoms with van der Waals surface area (Å²) < 4.78 is 54.6. The molecule has 3 rings (SSSR count). The first-order chi connectivity index (χ1) is 12.7. The van der Waals surface area contributed by atoms with E-state index in [1.54, 1.807) is 22.6 Å². The third-order valence-corrected chi connectivity index (χ3v) is 5.71. The van der Waals surface area contributed by atoms with Crippen LogP contribution in [0, 0.1) is 5.82 Å². The molecule has 0 spiro atoms. The molecular formula is C15H13F4IN6O. The number of rotatable bonds is 6. The van der Waals surface area contributed by atoms with Crippen molar-refractivity contribution in [3.05, 3.63) is 60.5 Å². The lowest BCUT2D eigenvalue weighted by molar-refractivity contribution is -0.137. The molecule has 27 heavy (non-hydrogen) atoms. The average molecular weight is 496 g/mol. The van der Waals surface area contributed by atoms with Crippen LogP contribution in [0.15, 0.2) is 43.5 Å². The van der Waals surface area contributed by atoms with Gasteiger partial charge in [0.05, 0.1) is 22.6 Å². The van der Waals surface area contributed by atoms with Crippen LogP contribution in [0.3, 0.4) is 0 Å². The van der Waals surface area contributed by atoms with Crippen molar-refractivity contribution < 1.29 is 22.7 Å². The summed E-state index contributed by atoms with van der Waals surface area (Å²) in [4.78, 5) is 7.59. The minimum atomic E-state index is -4.65. The maximum absolute atomic E-state index is 14.4. The molecule has 3 aromatic rings. The van der Waals surface area contributed by atoms with E-state index < -0.39 is 27.1 Å². The summed E-state index contributed by atoms with van der Waals surface area (Å²) in [5.41, 5.74) is -2.79. The van der Waals surface area contributed by atoms with E-state index in [2.05, 4.69) is 20.2 Å². The molecule has 0 radical (unpaired) electrons. The lowest BCUT2D eigenvalue weighted by Gasteiger charge is -2.33. The molecular weight excluding hydrogens is 483 g/mol. The van der Waals surface area contributed by atoms with Crippen molar-refractivity contribution >= 4 is 22.6 Å². The third kappa shape index (κ3) is 4.43. The predicted molar refractivity (Wildman–Crippen MR) is 93.2 cm³/mol. The number of hydrogen-bond donors (Lipinski definition) is 1. The third-order valence-electron chi connectivity index (χ3n) is 3.88. The summed E-state index contributed by atoms with van der Waals surface area (Å²) in [6.07, 6.45) is 0.642. The molecule has 2 heterocycles. The van der Waals surface area contributed by atoms with Crippen LogP contribution in [0.25, 0.3) is 0 Å². The zero-order valence-corrected chi connectivity index (χ0v) is 15.7. The zero-order chi connectivity index (χ0) is 19.7. The Kier molecular flexibility index (Phi) is 5.46. The van der Waals surface area contributed by atoms with Gasteiger partial charge in [0.25, 0.3) is 0 Å². The quantitative estimate of drug-likeness (QED) is 0.323. The second kappa shape index (κ2) is 7.50. The fourth-order valence-corrected chi connectivity index (χ4v) is 3.50. The standard InChI is InChI=1S/C15H13F4IN6O/c16-12-3-10(15(17,18)19)1-2-11(12)13(20)14(27,4-25-8-21-6-23-25)5-26-9-22-7-24-26/h1-3,6-9,13,27H,4-5H2. The first-order valence-electron chi connectivity index (χ1n) is 7.57. The van der Waals surface area contributed by atoms with Crippen LogP contribution in [0.4, 0.5) is 17.6 Å². The molecule has 1 aromatic carbocycles. The monoisotopic (exact) mass is 496 g/mol. The minimum absolute atomic E-state index is 0.0636. The lowest BCUT2D eigenvalue weighted by atomic mass is 9.93. The van der Waals surface area contributed by atoms with E-state index in [1.165, 1.54) is 34.7 Å². The Labute approximate surface area is 164 Å². The molecule has 0 aliphatic heterocycles. The Hall–Kier alpha value is -2.09. The van der Waals surface area contributed by atoms with Crippen LogP contribution in [0.5, 0.6) is 0 Å². The van der Waals surface area contributed by atoms with Crippen molar-refractivity contribution in [2.45, 2.75) is 28.8 Å². The maximum Gasteiger partial charge on any atom is 0.416 e. The van der Waals surface area contributed by atoms with Gasteiger partial charge in [0, 0.05) is 5.56 Å². The minimum Gasteiger partial charge on any atom is -0.385 e. The highest BCUT2D eigenvalue weighted by atomic mass is 127. The molecule has 0 fully saturated rings. The van der Waals surface area contributed by atoms with Crippen molar-refractivity contribution in [1.29, 1.82) is 0 Å². The van der Waals surface area contributed by atoms with Gasteiger partial charge in [-0.1, -0.05) is 28.7 Å². The first kappa shape index (κ1) is 19.7. The zero-order valence-electron chi connectivity index (χ0n) is 13.6. The molecule has 0 aliphatic rings. The second-order valence-corrected chi connectivity index (χ2v) is 7.13. The smallest absolute Gasteiger partial charge is 0.385 e. The number of nitrogens with zero attached hydrogens (tertiary/aromatic N) is 6. The largest absolute Gasteiger partial charge is 0.416 e. The van der Waals surface area contributed by atoms with Crippen molar-refractivity contribution in [2.75, 3.05) is 0 Å². The molecule has 0 saturated carbocycles. The van der Waals surface area contributed by atoms with Crippen LogP contribution < -0.4 is 0 Å². The summed E-state index contributed by atoms with van der Waals surface area (Å²) in [6, 6.07) is 2.24. The normalized spacial score (nSPS) is 13.7. The molecule has 1 N–H and O–H groups in total. The molecule has 0 amide bonds. The summed E-state index contributed by atoms with van der Waals surface area (Å²) in [5.74, 6) is -1.06. The Bertz CT molecular complexity index is 848. The SMILES string of the molecule is OC(Cn1cncn1)(Cn1cncn1)C(I)c1ccc(C(F)(F)F)cc1F. The molecule has 0 saturated heterocycles. The molecule has 144 valence electrons. The molecule has 0 bridgehead atoms. The molecule has 2 aromatic heterocycles. The summed E-state index contributed by atoms with van der Waals surface area (Å²) in [6.45, 7) is -0.165. The number of benzene rings is 1. The topological polar surface area (TPSA) is 81.6 Å². The molecule has 1 unspecified atom stereocenters. The lowest BCUT2D eigenvalue weighted by Crippen LogP contribution is -2.43. The van der Waals surface area contributed by atoms with E-state index in [4.69, 9.17) is 0 Å². The average Bonchev–Trinajstić information content (AvgIpc) is 3.27. The number of hydrogen-bond acceptors (Lipinski definition) is 5. The van der Waals surface area contributed by atoms with Crippen LogP contribution in [0.1, 0.15) is 15.1 Å². The predicted octanol–water partition coefficient (Wildman–Crippen LogP) is 2.64. The van der Waals surface area contributed by atoms with Gasteiger partial charge in [0.2, 0.25) is 0 Å². The fourth-order valence-electron chi connectivity index (χ4n) is 2.60. The molecule has 0 aliphatic carbocycles.